The van der Waals surface area contributed by atoms with Crippen molar-refractivity contribution in [3.05, 3.63) is 35.9 Å². The monoisotopic (exact) mass is 345 g/mol. The number of nitrogens with two attached hydrogens (primary N) is 1. The second-order valence-corrected chi connectivity index (χ2v) is 5.89. The van der Waals surface area contributed by atoms with E-state index >= 15 is 0 Å². The fraction of sp³-hybridized carbons (Fsp3) is 0.562. The van der Waals surface area contributed by atoms with Gasteiger partial charge in [-0.15, -0.1) is 24.8 Å². The molecule has 2 aliphatic rings. The summed E-state index contributed by atoms with van der Waals surface area (Å²) in [5.41, 5.74) is 7.19. The molecule has 22 heavy (non-hydrogen) atoms. The van der Waals surface area contributed by atoms with Gasteiger partial charge >= 0.3 is 0 Å². The van der Waals surface area contributed by atoms with Crippen molar-refractivity contribution in [2.45, 2.75) is 31.3 Å². The largest absolute Gasteiger partial charge is 0.340 e. The fourth-order valence-corrected chi connectivity index (χ4v) is 3.35. The zero-order chi connectivity index (χ0) is 13.9. The first kappa shape index (κ1) is 19.2. The van der Waals surface area contributed by atoms with Crippen molar-refractivity contribution in [3.8, 4) is 0 Å². The Morgan fingerprint density at radius 3 is 2.64 bits per heavy atom. The topological polar surface area (TPSA) is 49.6 Å². The number of halogens is 2. The van der Waals surface area contributed by atoms with Gasteiger partial charge in [0.2, 0.25) is 5.91 Å². The normalized spacial score (nSPS) is 22.2. The van der Waals surface area contributed by atoms with Crippen LogP contribution in [0.1, 0.15) is 30.9 Å². The van der Waals surface area contributed by atoms with Crippen LogP contribution in [0.4, 0.5) is 0 Å². The van der Waals surface area contributed by atoms with E-state index in [1.807, 2.05) is 35.2 Å². The predicted molar refractivity (Wildman–Crippen MR) is 93.7 cm³/mol. The van der Waals surface area contributed by atoms with Gasteiger partial charge in [-0.25, -0.2) is 0 Å². The van der Waals surface area contributed by atoms with Gasteiger partial charge in [-0.2, -0.15) is 0 Å². The summed E-state index contributed by atoms with van der Waals surface area (Å²) in [6.45, 7) is 3.98. The van der Waals surface area contributed by atoms with E-state index in [1.165, 1.54) is 19.4 Å². The quantitative estimate of drug-likeness (QED) is 0.913. The molecule has 0 aliphatic carbocycles. The van der Waals surface area contributed by atoms with Gasteiger partial charge in [0.15, 0.2) is 0 Å². The van der Waals surface area contributed by atoms with Crippen molar-refractivity contribution in [1.29, 1.82) is 0 Å². The molecule has 3 rings (SSSR count). The lowest BCUT2D eigenvalue weighted by Gasteiger charge is -2.37. The minimum Gasteiger partial charge on any atom is -0.340 e. The van der Waals surface area contributed by atoms with Gasteiger partial charge in [-0.1, -0.05) is 30.3 Å². The van der Waals surface area contributed by atoms with Crippen LogP contribution in [0.25, 0.3) is 0 Å². The highest BCUT2D eigenvalue weighted by Crippen LogP contribution is 2.23. The molecular weight excluding hydrogens is 321 g/mol. The van der Waals surface area contributed by atoms with Crippen molar-refractivity contribution in [2.24, 2.45) is 5.73 Å². The molecule has 2 atom stereocenters. The highest BCUT2D eigenvalue weighted by atomic mass is 35.5. The second-order valence-electron chi connectivity index (χ2n) is 5.89. The second kappa shape index (κ2) is 8.73. The Labute approximate surface area is 144 Å². The third-order valence-corrected chi connectivity index (χ3v) is 4.56. The van der Waals surface area contributed by atoms with E-state index in [9.17, 15) is 4.79 Å². The third kappa shape index (κ3) is 4.35. The molecule has 2 N–H and O–H groups in total. The zero-order valence-electron chi connectivity index (χ0n) is 12.7. The summed E-state index contributed by atoms with van der Waals surface area (Å²) >= 11 is 0. The number of benzene rings is 1. The molecule has 2 aliphatic heterocycles. The van der Waals surface area contributed by atoms with Crippen LogP contribution >= 0.6 is 24.8 Å². The number of fused-ring (bicyclic) bond motifs is 1. The molecule has 2 unspecified atom stereocenters. The van der Waals surface area contributed by atoms with E-state index in [-0.39, 0.29) is 36.8 Å². The zero-order valence-corrected chi connectivity index (χ0v) is 14.3. The summed E-state index contributed by atoms with van der Waals surface area (Å²) in [5.74, 6) is 0.202. The first-order chi connectivity index (χ1) is 9.74. The number of rotatable bonds is 3. The van der Waals surface area contributed by atoms with Crippen LogP contribution in [-0.2, 0) is 4.79 Å². The van der Waals surface area contributed by atoms with Crippen LogP contribution in [0.3, 0.4) is 0 Å². The standard InChI is InChI=1S/C16H23N3O.2ClH/c17-15(13-5-2-1-3-6-13)11-16(20)19-10-9-18-8-4-7-14(18)12-19;;/h1-3,5-6,14-15H,4,7-12,17H2;2*1H. The van der Waals surface area contributed by atoms with Gasteiger partial charge in [-0.05, 0) is 24.9 Å². The van der Waals surface area contributed by atoms with E-state index in [0.717, 1.165) is 25.2 Å². The molecule has 0 spiro atoms. The molecule has 1 amide bonds. The average Bonchev–Trinajstić information content (AvgIpc) is 2.95. The molecule has 2 fully saturated rings. The third-order valence-electron chi connectivity index (χ3n) is 4.56. The Balaban J connectivity index is 0.00000121. The number of carbonyl (C=O) groups excluding carboxylic acids is 1. The molecule has 6 heteroatoms. The molecular formula is C16H25Cl2N3O. The predicted octanol–water partition coefficient (Wildman–Crippen LogP) is 2.23. The molecule has 0 radical (unpaired) electrons. The van der Waals surface area contributed by atoms with Crippen molar-refractivity contribution in [1.82, 2.24) is 9.80 Å². The van der Waals surface area contributed by atoms with Crippen LogP contribution < -0.4 is 5.73 Å². The number of piperazine rings is 1. The summed E-state index contributed by atoms with van der Waals surface area (Å²) in [6.07, 6.45) is 2.92. The van der Waals surface area contributed by atoms with E-state index in [0.29, 0.717) is 12.5 Å². The molecule has 0 bridgehead atoms. The molecule has 0 aromatic heterocycles. The maximum atomic E-state index is 12.4. The molecule has 2 heterocycles. The Morgan fingerprint density at radius 2 is 1.91 bits per heavy atom. The lowest BCUT2D eigenvalue weighted by atomic mass is 10.0. The summed E-state index contributed by atoms with van der Waals surface area (Å²) in [5, 5.41) is 0. The van der Waals surface area contributed by atoms with E-state index in [4.69, 9.17) is 5.73 Å². The summed E-state index contributed by atoms with van der Waals surface area (Å²) in [4.78, 5) is 16.9. The Hall–Kier alpha value is -0.810. The van der Waals surface area contributed by atoms with Crippen LogP contribution in [-0.4, -0.2) is 47.9 Å². The lowest BCUT2D eigenvalue weighted by molar-refractivity contribution is -0.134. The number of hydrogen-bond acceptors (Lipinski definition) is 3. The minimum absolute atomic E-state index is 0. The van der Waals surface area contributed by atoms with Gasteiger partial charge in [0.05, 0.1) is 0 Å². The van der Waals surface area contributed by atoms with Crippen LogP contribution in [0.2, 0.25) is 0 Å². The van der Waals surface area contributed by atoms with Crippen molar-refractivity contribution < 1.29 is 4.79 Å². The number of nitrogens with zero attached hydrogens (tertiary/aromatic N) is 2. The minimum atomic E-state index is -0.190. The van der Waals surface area contributed by atoms with Crippen LogP contribution in [0.15, 0.2) is 30.3 Å². The molecule has 124 valence electrons. The van der Waals surface area contributed by atoms with Gasteiger partial charge < -0.3 is 10.6 Å². The first-order valence-electron chi connectivity index (χ1n) is 7.56. The smallest absolute Gasteiger partial charge is 0.224 e. The fourth-order valence-electron chi connectivity index (χ4n) is 3.35. The van der Waals surface area contributed by atoms with E-state index in [2.05, 4.69) is 4.90 Å². The highest BCUT2D eigenvalue weighted by Gasteiger charge is 2.32. The van der Waals surface area contributed by atoms with Gasteiger partial charge in [0, 0.05) is 38.1 Å². The van der Waals surface area contributed by atoms with Gasteiger partial charge in [-0.3, -0.25) is 9.69 Å². The number of amides is 1. The lowest BCUT2D eigenvalue weighted by Crippen LogP contribution is -2.52. The van der Waals surface area contributed by atoms with Crippen molar-refractivity contribution >= 4 is 30.7 Å². The summed E-state index contributed by atoms with van der Waals surface area (Å²) in [6, 6.07) is 10.3. The average molecular weight is 346 g/mol. The Bertz CT molecular complexity index is 472. The first-order valence-corrected chi connectivity index (χ1v) is 7.56. The Kier molecular flexibility index (Phi) is 7.63. The highest BCUT2D eigenvalue weighted by molar-refractivity contribution is 5.85. The maximum Gasteiger partial charge on any atom is 0.224 e. The van der Waals surface area contributed by atoms with Crippen molar-refractivity contribution in [2.75, 3.05) is 26.2 Å². The van der Waals surface area contributed by atoms with Gasteiger partial charge in [0.1, 0.15) is 0 Å². The summed E-state index contributed by atoms with van der Waals surface area (Å²) < 4.78 is 0. The maximum absolute atomic E-state index is 12.4. The Morgan fingerprint density at radius 1 is 1.18 bits per heavy atom. The SMILES string of the molecule is Cl.Cl.NC(CC(=O)N1CCN2CCCC2C1)c1ccccc1. The molecule has 4 nitrogen and oxygen atoms in total. The van der Waals surface area contributed by atoms with Gasteiger partial charge in [0.25, 0.3) is 0 Å². The molecule has 1 aromatic rings. The number of hydrogen-bond donors (Lipinski definition) is 1. The van der Waals surface area contributed by atoms with E-state index in [1.54, 1.807) is 0 Å². The van der Waals surface area contributed by atoms with E-state index < -0.39 is 0 Å². The summed E-state index contributed by atoms with van der Waals surface area (Å²) in [7, 11) is 0. The molecule has 1 aromatic carbocycles. The van der Waals surface area contributed by atoms with Crippen molar-refractivity contribution in [3.63, 3.8) is 0 Å². The van der Waals surface area contributed by atoms with Crippen LogP contribution in [0.5, 0.6) is 0 Å². The molecule has 2 saturated heterocycles. The van der Waals surface area contributed by atoms with Crippen LogP contribution in [0, 0.1) is 0 Å². The molecule has 0 saturated carbocycles. The number of carbonyl (C=O) groups is 1.